The second kappa shape index (κ2) is 13.6. The maximum absolute atomic E-state index is 10.6. The van der Waals surface area contributed by atoms with Crippen LogP contribution in [0.25, 0.3) is 0 Å². The van der Waals surface area contributed by atoms with E-state index in [1.54, 1.807) is 25.1 Å². The van der Waals surface area contributed by atoms with Crippen molar-refractivity contribution in [3.63, 3.8) is 0 Å². The molecule has 0 spiro atoms. The van der Waals surface area contributed by atoms with Crippen LogP contribution in [0.15, 0.2) is 36.4 Å². The van der Waals surface area contributed by atoms with Gasteiger partial charge in [-0.1, -0.05) is 13.3 Å². The number of phenolic OH excluding ortho intramolecular Hbond substituents is 1. The molecule has 0 saturated heterocycles. The molecule has 2 aromatic carbocycles. The van der Waals surface area contributed by atoms with E-state index in [1.165, 1.54) is 6.07 Å². The van der Waals surface area contributed by atoms with Gasteiger partial charge in [-0.2, -0.15) is 0 Å². The summed E-state index contributed by atoms with van der Waals surface area (Å²) >= 11 is 0. The molecule has 0 aliphatic carbocycles. The molecule has 0 saturated carbocycles. The Labute approximate surface area is 156 Å². The number of benzene rings is 2. The molecule has 4 nitrogen and oxygen atoms in total. The van der Waals surface area contributed by atoms with E-state index in [2.05, 4.69) is 6.92 Å². The summed E-state index contributed by atoms with van der Waals surface area (Å²) in [5.74, 6) is 1.05. The zero-order valence-corrected chi connectivity index (χ0v) is 15.5. The monoisotopic (exact) mass is 363 g/mol. The van der Waals surface area contributed by atoms with Crippen molar-refractivity contribution >= 4 is 12.6 Å². The highest BCUT2D eigenvalue weighted by Crippen LogP contribution is 2.16. The highest BCUT2D eigenvalue weighted by atomic mass is 19.1. The number of aromatic hydroxyl groups is 1. The Morgan fingerprint density at radius 3 is 2.08 bits per heavy atom. The average molecular weight is 363 g/mol. The van der Waals surface area contributed by atoms with Crippen molar-refractivity contribution in [2.45, 2.75) is 33.6 Å². The lowest BCUT2D eigenvalue weighted by molar-refractivity contribution is 0.111. The first-order valence-electron chi connectivity index (χ1n) is 8.92. The summed E-state index contributed by atoms with van der Waals surface area (Å²) in [6.07, 6.45) is 3.83. The molecule has 0 aliphatic rings. The number of aryl methyl sites for hydroxylation is 2. The van der Waals surface area contributed by atoms with Crippen LogP contribution in [0.2, 0.25) is 0 Å². The van der Waals surface area contributed by atoms with Gasteiger partial charge in [0, 0.05) is 11.1 Å². The van der Waals surface area contributed by atoms with E-state index in [0.717, 1.165) is 54.5 Å². The van der Waals surface area contributed by atoms with E-state index in [9.17, 15) is 14.0 Å². The number of halogens is 1. The number of unbranched alkanes of at least 4 members (excludes halogenated alkanes) is 1. The van der Waals surface area contributed by atoms with Crippen LogP contribution >= 0.6 is 0 Å². The van der Waals surface area contributed by atoms with Crippen molar-refractivity contribution in [2.75, 3.05) is 13.8 Å². The van der Waals surface area contributed by atoms with Gasteiger partial charge >= 0.3 is 0 Å². The van der Waals surface area contributed by atoms with Crippen molar-refractivity contribution in [3.8, 4) is 11.5 Å². The molecule has 0 aliphatic heterocycles. The molecule has 5 heteroatoms. The highest BCUT2D eigenvalue weighted by molar-refractivity contribution is 5.77. The van der Waals surface area contributed by atoms with Crippen LogP contribution in [0.4, 0.5) is 4.39 Å². The van der Waals surface area contributed by atoms with E-state index in [-0.39, 0.29) is 5.75 Å². The lowest BCUT2D eigenvalue weighted by atomic mass is 10.1. The summed E-state index contributed by atoms with van der Waals surface area (Å²) in [6.45, 7) is 6.57. The van der Waals surface area contributed by atoms with Crippen LogP contribution in [0, 0.1) is 13.8 Å². The first-order chi connectivity index (χ1) is 12.9. The fraction of sp³-hybridized carbons (Fsp3) is 0.333. The minimum absolute atomic E-state index is 0.197. The number of rotatable bonds is 6. The van der Waals surface area contributed by atoms with Gasteiger partial charge in [0.15, 0.2) is 0 Å². The summed E-state index contributed by atoms with van der Waals surface area (Å²) in [5.41, 5.74) is 3.12. The summed E-state index contributed by atoms with van der Waals surface area (Å²) in [5, 5.41) is 8.92. The molecule has 0 unspecified atom stereocenters. The zero-order valence-electron chi connectivity index (χ0n) is 16.5. The highest BCUT2D eigenvalue weighted by Gasteiger charge is 1.99. The molecule has 0 heterocycles. The average Bonchev–Trinajstić information content (AvgIpc) is 2.63. The molecule has 26 heavy (non-hydrogen) atoms. The van der Waals surface area contributed by atoms with Gasteiger partial charge in [0.25, 0.3) is 0 Å². The Hall–Kier alpha value is -2.69. The first-order valence-corrected chi connectivity index (χ1v) is 8.22. The number of ether oxygens (including phenoxy) is 1. The lowest BCUT2D eigenvalue weighted by Gasteiger charge is -2.06. The largest absolute Gasteiger partial charge is 0.508 e. The van der Waals surface area contributed by atoms with Crippen LogP contribution in [0.3, 0.4) is 0 Å². The summed E-state index contributed by atoms with van der Waals surface area (Å²) < 4.78 is 21.0. The van der Waals surface area contributed by atoms with Gasteiger partial charge in [-0.15, -0.1) is 0 Å². The third kappa shape index (κ3) is 8.42. The second-order valence-corrected chi connectivity index (χ2v) is 5.50. The maximum Gasteiger partial charge on any atom is 0.150 e. The molecule has 0 fully saturated rings. The molecular weight excluding hydrogens is 335 g/mol. The Bertz CT molecular complexity index is 705. The minimum atomic E-state index is -1.00. The van der Waals surface area contributed by atoms with E-state index in [4.69, 9.17) is 11.2 Å². The quantitative estimate of drug-likeness (QED) is 0.574. The fourth-order valence-corrected chi connectivity index (χ4v) is 2.00. The van der Waals surface area contributed by atoms with Crippen LogP contribution in [0.1, 0.15) is 53.0 Å². The number of hydrogen-bond donors (Lipinski definition) is 1. The van der Waals surface area contributed by atoms with Crippen molar-refractivity contribution in [1.29, 1.82) is 0 Å². The molecule has 1 N–H and O–H groups in total. The number of phenols is 1. The van der Waals surface area contributed by atoms with Crippen LogP contribution in [0.5, 0.6) is 11.5 Å². The molecule has 2 aromatic rings. The SMILES string of the molecule is CCCCOc1ccc(C=O)c(C)c1.Cc1cc(O)ccc1C=O.[2H]CF. The van der Waals surface area contributed by atoms with Gasteiger partial charge < -0.3 is 9.84 Å². The molecule has 142 valence electrons. The minimum Gasteiger partial charge on any atom is -0.508 e. The van der Waals surface area contributed by atoms with Gasteiger partial charge in [-0.25, -0.2) is 0 Å². The number of carbonyl (C=O) groups excluding carboxylic acids is 2. The van der Waals surface area contributed by atoms with Crippen molar-refractivity contribution in [3.05, 3.63) is 58.7 Å². The molecule has 0 amide bonds. The van der Waals surface area contributed by atoms with Gasteiger partial charge in [-0.3, -0.25) is 14.0 Å². The Balaban J connectivity index is 0.000000455. The lowest BCUT2D eigenvalue weighted by Crippen LogP contribution is -1.97. The van der Waals surface area contributed by atoms with E-state index >= 15 is 0 Å². The van der Waals surface area contributed by atoms with Crippen LogP contribution < -0.4 is 4.74 Å². The fourth-order valence-electron chi connectivity index (χ4n) is 2.00. The number of carbonyl (C=O) groups is 2. The first kappa shape index (κ1) is 21.4. The Morgan fingerprint density at radius 2 is 1.62 bits per heavy atom. The Kier molecular flexibility index (Phi) is 11.2. The van der Waals surface area contributed by atoms with Crippen LogP contribution in [-0.2, 0) is 0 Å². The Morgan fingerprint density at radius 1 is 1.08 bits per heavy atom. The normalized spacial score (nSPS) is 9.62. The maximum atomic E-state index is 10.6. The predicted octanol–water partition coefficient (Wildman–Crippen LogP) is 5.09. The topological polar surface area (TPSA) is 63.6 Å². The summed E-state index contributed by atoms with van der Waals surface area (Å²) in [7, 11) is -1.00. The molecule has 0 aromatic heterocycles. The van der Waals surface area contributed by atoms with E-state index in [0.29, 0.717) is 5.56 Å². The molecule has 0 bridgehead atoms. The van der Waals surface area contributed by atoms with E-state index < -0.39 is 7.15 Å². The van der Waals surface area contributed by atoms with Gasteiger partial charge in [0.1, 0.15) is 24.1 Å². The standard InChI is InChI=1S/C12H16O2.C8H8O2.CH3F/c1-3-4-7-14-12-6-5-11(9-13)10(2)8-12;1-6-4-8(10)3-2-7(6)5-9;1-2/h5-6,8-9H,3-4,7H2,1-2H3;2-5,10H,1H3;1H3/i;;1D. The van der Waals surface area contributed by atoms with Crippen molar-refractivity contribution in [2.24, 2.45) is 0 Å². The smallest absolute Gasteiger partial charge is 0.150 e. The molecule has 2 rings (SSSR count). The second-order valence-electron chi connectivity index (χ2n) is 5.50. The van der Waals surface area contributed by atoms with E-state index in [1.807, 2.05) is 19.1 Å². The van der Waals surface area contributed by atoms with Gasteiger partial charge in [0.05, 0.1) is 15.1 Å². The van der Waals surface area contributed by atoms with Gasteiger partial charge in [-0.05, 0) is 67.8 Å². The van der Waals surface area contributed by atoms with Gasteiger partial charge in [0.2, 0.25) is 0 Å². The number of aldehydes is 2. The third-order valence-corrected chi connectivity index (χ3v) is 3.52. The van der Waals surface area contributed by atoms with Crippen LogP contribution in [-0.4, -0.2) is 31.4 Å². The summed E-state index contributed by atoms with van der Waals surface area (Å²) in [4.78, 5) is 20.8. The third-order valence-electron chi connectivity index (χ3n) is 3.52. The molecule has 0 radical (unpaired) electrons. The summed E-state index contributed by atoms with van der Waals surface area (Å²) in [6, 6.07) is 10.2. The van der Waals surface area contributed by atoms with Crippen molar-refractivity contribution in [1.82, 2.24) is 0 Å². The number of alkyl halides is 1. The molecular formula is C21H27FO4. The number of hydrogen-bond acceptors (Lipinski definition) is 4. The predicted molar refractivity (Wildman–Crippen MR) is 102 cm³/mol. The molecule has 0 atom stereocenters. The zero-order chi connectivity index (χ0) is 20.7. The van der Waals surface area contributed by atoms with Crippen molar-refractivity contribution < 1.29 is 25.2 Å².